The Morgan fingerprint density at radius 3 is 2.37 bits per heavy atom. The molecule has 3 N–H and O–H groups in total. The quantitative estimate of drug-likeness (QED) is 0.538. The summed E-state index contributed by atoms with van der Waals surface area (Å²) in [4.78, 5) is 25.2. The Kier molecular flexibility index (Phi) is 7.41. The molecule has 0 aliphatic carbocycles. The van der Waals surface area contributed by atoms with Crippen molar-refractivity contribution in [3.05, 3.63) is 57.4 Å². The number of nitrogens with two attached hydrogens (primary N) is 1. The molecule has 0 bridgehead atoms. The SMILES string of the molecule is COC(=O)C1=C(C)NC(COCCN)=C(C(=O)OC)[C@H]1c1ccccc1Cl. The van der Waals surface area contributed by atoms with E-state index in [4.69, 9.17) is 31.5 Å². The van der Waals surface area contributed by atoms with E-state index in [1.807, 2.05) is 0 Å². The molecular weight excluding hydrogens is 372 g/mol. The van der Waals surface area contributed by atoms with E-state index in [1.54, 1.807) is 31.2 Å². The zero-order valence-electron chi connectivity index (χ0n) is 15.5. The molecule has 0 fully saturated rings. The van der Waals surface area contributed by atoms with Crippen molar-refractivity contribution >= 4 is 23.5 Å². The van der Waals surface area contributed by atoms with Crippen molar-refractivity contribution in [3.63, 3.8) is 0 Å². The number of hydrogen-bond acceptors (Lipinski definition) is 7. The standard InChI is InChI=1S/C19H23ClN2O5/c1-11-15(18(23)25-2)16(12-6-4-5-7-13(12)20)17(19(24)26-3)14(22-11)10-27-9-8-21/h4-7,16,22H,8-10,21H2,1-3H3/t16-/m0/s1. The van der Waals surface area contributed by atoms with Crippen LogP contribution >= 0.6 is 11.6 Å². The predicted octanol–water partition coefficient (Wildman–Crippen LogP) is 1.88. The van der Waals surface area contributed by atoms with Crippen molar-refractivity contribution in [1.82, 2.24) is 5.32 Å². The molecule has 1 aromatic rings. The Morgan fingerprint density at radius 2 is 1.78 bits per heavy atom. The Morgan fingerprint density at radius 1 is 1.15 bits per heavy atom. The Balaban J connectivity index is 2.67. The average Bonchev–Trinajstić information content (AvgIpc) is 2.67. The summed E-state index contributed by atoms with van der Waals surface area (Å²) in [6, 6.07) is 7.01. The van der Waals surface area contributed by atoms with Crippen molar-refractivity contribution < 1.29 is 23.8 Å². The minimum Gasteiger partial charge on any atom is -0.466 e. The van der Waals surface area contributed by atoms with Gasteiger partial charge in [0.2, 0.25) is 0 Å². The molecule has 0 saturated heterocycles. The first kappa shape index (κ1) is 21.0. The monoisotopic (exact) mass is 394 g/mol. The van der Waals surface area contributed by atoms with E-state index in [-0.39, 0.29) is 17.8 Å². The lowest BCUT2D eigenvalue weighted by molar-refractivity contribution is -0.137. The summed E-state index contributed by atoms with van der Waals surface area (Å²) in [5.41, 5.74) is 7.63. The number of ether oxygens (including phenoxy) is 3. The van der Waals surface area contributed by atoms with E-state index in [2.05, 4.69) is 5.32 Å². The topological polar surface area (TPSA) is 99.9 Å². The molecule has 1 atom stereocenters. The van der Waals surface area contributed by atoms with E-state index < -0.39 is 17.9 Å². The van der Waals surface area contributed by atoms with Gasteiger partial charge in [-0.1, -0.05) is 29.8 Å². The number of halogens is 1. The molecular formula is C19H23ClN2O5. The molecule has 1 aliphatic heterocycles. The van der Waals surface area contributed by atoms with Crippen LogP contribution < -0.4 is 11.1 Å². The van der Waals surface area contributed by atoms with Gasteiger partial charge >= 0.3 is 11.9 Å². The number of nitrogens with one attached hydrogen (secondary N) is 1. The summed E-state index contributed by atoms with van der Waals surface area (Å²) in [7, 11) is 2.56. The molecule has 27 heavy (non-hydrogen) atoms. The minimum absolute atomic E-state index is 0.106. The van der Waals surface area contributed by atoms with Gasteiger partial charge < -0.3 is 25.3 Å². The van der Waals surface area contributed by atoms with Gasteiger partial charge in [0.1, 0.15) is 0 Å². The third kappa shape index (κ3) is 4.50. The lowest BCUT2D eigenvalue weighted by Crippen LogP contribution is -2.34. The molecule has 0 unspecified atom stereocenters. The normalized spacial score (nSPS) is 16.9. The Labute approximate surface area is 163 Å². The smallest absolute Gasteiger partial charge is 0.336 e. The fraction of sp³-hybridized carbons (Fsp3) is 0.368. The van der Waals surface area contributed by atoms with Crippen molar-refractivity contribution in [3.8, 4) is 0 Å². The summed E-state index contributed by atoms with van der Waals surface area (Å²) in [6.45, 7) is 2.50. The highest BCUT2D eigenvalue weighted by molar-refractivity contribution is 6.31. The first-order valence-electron chi connectivity index (χ1n) is 8.35. The van der Waals surface area contributed by atoms with Crippen LogP contribution in [0.2, 0.25) is 5.02 Å². The van der Waals surface area contributed by atoms with Crippen molar-refractivity contribution in [2.24, 2.45) is 5.73 Å². The second-order valence-corrected chi connectivity index (χ2v) is 6.24. The molecule has 8 heteroatoms. The van der Waals surface area contributed by atoms with Crippen LogP contribution in [0.3, 0.4) is 0 Å². The number of benzene rings is 1. The number of dihydropyridines is 1. The molecule has 1 heterocycles. The second kappa shape index (κ2) is 9.55. The van der Waals surface area contributed by atoms with Gasteiger partial charge in [0.25, 0.3) is 0 Å². The maximum atomic E-state index is 12.7. The zero-order valence-corrected chi connectivity index (χ0v) is 16.3. The fourth-order valence-corrected chi connectivity index (χ4v) is 3.26. The average molecular weight is 395 g/mol. The molecule has 2 rings (SSSR count). The summed E-state index contributed by atoms with van der Waals surface area (Å²) in [5.74, 6) is -1.91. The highest BCUT2D eigenvalue weighted by atomic mass is 35.5. The highest BCUT2D eigenvalue weighted by Gasteiger charge is 2.39. The van der Waals surface area contributed by atoms with Gasteiger partial charge in [0, 0.05) is 17.3 Å². The first-order valence-corrected chi connectivity index (χ1v) is 8.73. The van der Waals surface area contributed by atoms with Crippen molar-refractivity contribution in [2.45, 2.75) is 12.8 Å². The van der Waals surface area contributed by atoms with Gasteiger partial charge in [-0.15, -0.1) is 0 Å². The van der Waals surface area contributed by atoms with E-state index in [1.165, 1.54) is 14.2 Å². The van der Waals surface area contributed by atoms with Gasteiger partial charge in [-0.25, -0.2) is 9.59 Å². The van der Waals surface area contributed by atoms with Gasteiger partial charge in [-0.05, 0) is 18.6 Å². The first-order chi connectivity index (χ1) is 13.0. The van der Waals surface area contributed by atoms with E-state index >= 15 is 0 Å². The van der Waals surface area contributed by atoms with Crippen LogP contribution in [-0.2, 0) is 23.8 Å². The van der Waals surface area contributed by atoms with Gasteiger partial charge in [0.15, 0.2) is 0 Å². The maximum absolute atomic E-state index is 12.7. The molecule has 0 spiro atoms. The molecule has 0 amide bonds. The minimum atomic E-state index is -0.753. The number of rotatable bonds is 7. The predicted molar refractivity (Wildman–Crippen MR) is 101 cm³/mol. The lowest BCUT2D eigenvalue weighted by atomic mass is 9.80. The van der Waals surface area contributed by atoms with Gasteiger partial charge in [-0.3, -0.25) is 0 Å². The summed E-state index contributed by atoms with van der Waals surface area (Å²) < 4.78 is 15.4. The molecule has 146 valence electrons. The molecule has 1 aromatic carbocycles. The van der Waals surface area contributed by atoms with E-state index in [9.17, 15) is 9.59 Å². The summed E-state index contributed by atoms with van der Waals surface area (Å²) >= 11 is 6.39. The third-order valence-electron chi connectivity index (χ3n) is 4.18. The second-order valence-electron chi connectivity index (χ2n) is 5.83. The van der Waals surface area contributed by atoms with Crippen LogP contribution in [0.1, 0.15) is 18.4 Å². The van der Waals surface area contributed by atoms with E-state index in [0.717, 1.165) is 0 Å². The largest absolute Gasteiger partial charge is 0.466 e. The molecule has 1 aliphatic rings. The summed E-state index contributed by atoms with van der Waals surface area (Å²) in [5, 5.41) is 3.49. The number of methoxy groups -OCH3 is 2. The van der Waals surface area contributed by atoms with Crippen LogP contribution in [0.15, 0.2) is 46.8 Å². The molecule has 7 nitrogen and oxygen atoms in total. The molecule has 0 radical (unpaired) electrons. The van der Waals surface area contributed by atoms with Gasteiger partial charge in [0.05, 0.1) is 50.2 Å². The van der Waals surface area contributed by atoms with Crippen LogP contribution in [0.5, 0.6) is 0 Å². The number of hydrogen-bond donors (Lipinski definition) is 2. The van der Waals surface area contributed by atoms with Crippen LogP contribution in [0.4, 0.5) is 0 Å². The van der Waals surface area contributed by atoms with Crippen LogP contribution in [0.25, 0.3) is 0 Å². The van der Waals surface area contributed by atoms with E-state index in [0.29, 0.717) is 35.1 Å². The third-order valence-corrected chi connectivity index (χ3v) is 4.52. The molecule has 0 saturated carbocycles. The fourth-order valence-electron chi connectivity index (χ4n) is 3.02. The van der Waals surface area contributed by atoms with Crippen molar-refractivity contribution in [1.29, 1.82) is 0 Å². The lowest BCUT2D eigenvalue weighted by Gasteiger charge is -2.31. The Hall–Kier alpha value is -2.35. The zero-order chi connectivity index (χ0) is 20.0. The highest BCUT2D eigenvalue weighted by Crippen LogP contribution is 2.41. The van der Waals surface area contributed by atoms with Crippen molar-refractivity contribution in [2.75, 3.05) is 34.0 Å². The number of allylic oxidation sites excluding steroid dienone is 1. The van der Waals surface area contributed by atoms with Crippen LogP contribution in [0, 0.1) is 0 Å². The molecule has 0 aromatic heterocycles. The Bertz CT molecular complexity index is 788. The maximum Gasteiger partial charge on any atom is 0.336 e. The van der Waals surface area contributed by atoms with Crippen LogP contribution in [-0.4, -0.2) is 45.9 Å². The summed E-state index contributed by atoms with van der Waals surface area (Å²) in [6.07, 6.45) is 0. The number of carbonyl (C=O) groups is 2. The van der Waals surface area contributed by atoms with Gasteiger partial charge in [-0.2, -0.15) is 0 Å². The number of esters is 2. The number of carbonyl (C=O) groups excluding carboxylic acids is 2.